The first-order valence-electron chi connectivity index (χ1n) is 5.49. The maximum atomic E-state index is 5.86. The van der Waals surface area contributed by atoms with Crippen LogP contribution in [0.2, 0.25) is 0 Å². The second-order valence-electron chi connectivity index (χ2n) is 4.05. The van der Waals surface area contributed by atoms with Crippen LogP contribution in [0.3, 0.4) is 0 Å². The van der Waals surface area contributed by atoms with Gasteiger partial charge in [-0.15, -0.1) is 0 Å². The van der Waals surface area contributed by atoms with Crippen LogP contribution in [0.4, 0.5) is 5.82 Å². The standard InChI is InChI=1S/C10H12IN5O/c11-8-7-9(12)13-5-14-16(7)10(15-8)6-1-3-17-4-2-6/h5-6H,1-4H2,(H2,12,13,14). The molecule has 0 atom stereocenters. The number of nitrogen functional groups attached to an aromatic ring is 1. The number of hydrogen-bond donors (Lipinski definition) is 1. The van der Waals surface area contributed by atoms with Gasteiger partial charge in [0.15, 0.2) is 5.82 Å². The Morgan fingerprint density at radius 3 is 2.94 bits per heavy atom. The van der Waals surface area contributed by atoms with Crippen LogP contribution >= 0.6 is 22.6 Å². The molecule has 90 valence electrons. The van der Waals surface area contributed by atoms with E-state index in [1.54, 1.807) is 0 Å². The van der Waals surface area contributed by atoms with E-state index < -0.39 is 0 Å². The lowest BCUT2D eigenvalue weighted by Crippen LogP contribution is -2.17. The Kier molecular flexibility index (Phi) is 2.87. The Hall–Kier alpha value is -0.960. The molecule has 1 saturated heterocycles. The van der Waals surface area contributed by atoms with Gasteiger partial charge in [-0.05, 0) is 35.4 Å². The number of rotatable bonds is 1. The van der Waals surface area contributed by atoms with E-state index in [-0.39, 0.29) is 0 Å². The fourth-order valence-electron chi connectivity index (χ4n) is 2.15. The van der Waals surface area contributed by atoms with Gasteiger partial charge in [0.1, 0.15) is 21.4 Å². The van der Waals surface area contributed by atoms with Crippen LogP contribution in [0.5, 0.6) is 0 Å². The topological polar surface area (TPSA) is 78.3 Å². The van der Waals surface area contributed by atoms with Gasteiger partial charge in [-0.3, -0.25) is 0 Å². The first-order chi connectivity index (χ1) is 8.27. The molecule has 1 aliphatic heterocycles. The Balaban J connectivity index is 2.13. The SMILES string of the molecule is Nc1ncnn2c(C3CCOCC3)nc(I)c12. The number of halogens is 1. The zero-order chi connectivity index (χ0) is 11.8. The summed E-state index contributed by atoms with van der Waals surface area (Å²) in [5.41, 5.74) is 6.67. The van der Waals surface area contributed by atoms with Crippen LogP contribution in [0.25, 0.3) is 5.52 Å². The number of nitrogens with zero attached hydrogens (tertiary/aromatic N) is 4. The van der Waals surface area contributed by atoms with Gasteiger partial charge in [-0.25, -0.2) is 14.5 Å². The largest absolute Gasteiger partial charge is 0.382 e. The Morgan fingerprint density at radius 2 is 2.18 bits per heavy atom. The van der Waals surface area contributed by atoms with Gasteiger partial charge in [0.05, 0.1) is 0 Å². The molecule has 0 spiro atoms. The van der Waals surface area contributed by atoms with Gasteiger partial charge in [0, 0.05) is 19.1 Å². The summed E-state index contributed by atoms with van der Waals surface area (Å²) < 4.78 is 8.05. The van der Waals surface area contributed by atoms with E-state index in [9.17, 15) is 0 Å². The third kappa shape index (κ3) is 1.86. The van der Waals surface area contributed by atoms with Crippen molar-refractivity contribution >= 4 is 33.9 Å². The van der Waals surface area contributed by atoms with Gasteiger partial charge >= 0.3 is 0 Å². The van der Waals surface area contributed by atoms with Crippen molar-refractivity contribution in [1.29, 1.82) is 0 Å². The summed E-state index contributed by atoms with van der Waals surface area (Å²) in [5, 5.41) is 4.26. The van der Waals surface area contributed by atoms with Crippen molar-refractivity contribution in [2.24, 2.45) is 0 Å². The highest BCUT2D eigenvalue weighted by atomic mass is 127. The van der Waals surface area contributed by atoms with Crippen LogP contribution in [0.15, 0.2) is 6.33 Å². The normalized spacial score (nSPS) is 17.7. The lowest BCUT2D eigenvalue weighted by atomic mass is 10.00. The molecule has 7 heteroatoms. The minimum Gasteiger partial charge on any atom is -0.382 e. The van der Waals surface area contributed by atoms with Crippen molar-refractivity contribution in [2.45, 2.75) is 18.8 Å². The first kappa shape index (κ1) is 11.1. The number of aromatic nitrogens is 4. The van der Waals surface area contributed by atoms with Crippen molar-refractivity contribution < 1.29 is 4.74 Å². The maximum Gasteiger partial charge on any atom is 0.154 e. The number of hydrogen-bond acceptors (Lipinski definition) is 5. The van der Waals surface area contributed by atoms with Gasteiger partial charge in [0.25, 0.3) is 0 Å². The third-order valence-electron chi connectivity index (χ3n) is 3.03. The number of imidazole rings is 1. The van der Waals surface area contributed by atoms with Crippen LogP contribution in [0.1, 0.15) is 24.6 Å². The zero-order valence-electron chi connectivity index (χ0n) is 9.14. The van der Waals surface area contributed by atoms with Gasteiger partial charge in [0.2, 0.25) is 0 Å². The average molecular weight is 345 g/mol. The Bertz CT molecular complexity index is 549. The molecule has 0 unspecified atom stereocenters. The van der Waals surface area contributed by atoms with Crippen LogP contribution in [-0.4, -0.2) is 32.8 Å². The van der Waals surface area contributed by atoms with E-state index in [4.69, 9.17) is 10.5 Å². The van der Waals surface area contributed by atoms with Gasteiger partial charge in [-0.2, -0.15) is 5.10 Å². The van der Waals surface area contributed by atoms with Crippen LogP contribution < -0.4 is 5.73 Å². The molecular weight excluding hydrogens is 333 g/mol. The molecule has 1 aliphatic rings. The van der Waals surface area contributed by atoms with E-state index in [0.717, 1.165) is 41.1 Å². The van der Waals surface area contributed by atoms with Crippen molar-refractivity contribution in [3.63, 3.8) is 0 Å². The van der Waals surface area contributed by atoms with Crippen molar-refractivity contribution in [3.05, 3.63) is 15.9 Å². The number of ether oxygens (including phenoxy) is 1. The van der Waals surface area contributed by atoms with Gasteiger partial charge < -0.3 is 10.5 Å². The quantitative estimate of drug-likeness (QED) is 0.786. The van der Waals surface area contributed by atoms with E-state index in [2.05, 4.69) is 37.7 Å². The van der Waals surface area contributed by atoms with Gasteiger partial charge in [-0.1, -0.05) is 0 Å². The molecular formula is C10H12IN5O. The van der Waals surface area contributed by atoms with Crippen LogP contribution in [0, 0.1) is 3.70 Å². The molecule has 1 fully saturated rings. The number of nitrogens with two attached hydrogens (primary N) is 1. The molecule has 2 aromatic rings. The molecule has 3 rings (SSSR count). The maximum absolute atomic E-state index is 5.86. The second kappa shape index (κ2) is 4.37. The predicted molar refractivity (Wildman–Crippen MR) is 70.7 cm³/mol. The predicted octanol–water partition coefficient (Wildman–Crippen LogP) is 1.21. The molecule has 2 aromatic heterocycles. The minimum atomic E-state index is 0.397. The molecule has 0 aromatic carbocycles. The van der Waals surface area contributed by atoms with E-state index in [1.807, 2.05) is 4.52 Å². The lowest BCUT2D eigenvalue weighted by molar-refractivity contribution is 0.0832. The summed E-state index contributed by atoms with van der Waals surface area (Å²) in [6, 6.07) is 0. The molecule has 6 nitrogen and oxygen atoms in total. The Morgan fingerprint density at radius 1 is 1.41 bits per heavy atom. The molecule has 0 saturated carbocycles. The van der Waals surface area contributed by atoms with Crippen LogP contribution in [-0.2, 0) is 4.74 Å². The molecule has 0 aliphatic carbocycles. The van der Waals surface area contributed by atoms with Crippen molar-refractivity contribution in [3.8, 4) is 0 Å². The summed E-state index contributed by atoms with van der Waals surface area (Å²) >= 11 is 2.18. The minimum absolute atomic E-state index is 0.397. The van der Waals surface area contributed by atoms with Crippen molar-refractivity contribution in [1.82, 2.24) is 19.6 Å². The fraction of sp³-hybridized carbons (Fsp3) is 0.500. The Labute approximate surface area is 112 Å². The summed E-state index contributed by atoms with van der Waals surface area (Å²) in [4.78, 5) is 8.59. The van der Waals surface area contributed by atoms with E-state index in [1.165, 1.54) is 6.33 Å². The molecule has 2 N–H and O–H groups in total. The molecule has 0 radical (unpaired) electrons. The molecule has 3 heterocycles. The van der Waals surface area contributed by atoms with E-state index >= 15 is 0 Å². The second-order valence-corrected chi connectivity index (χ2v) is 5.07. The summed E-state index contributed by atoms with van der Waals surface area (Å²) in [5.74, 6) is 1.85. The number of anilines is 1. The highest BCUT2D eigenvalue weighted by Gasteiger charge is 2.23. The molecule has 17 heavy (non-hydrogen) atoms. The lowest BCUT2D eigenvalue weighted by Gasteiger charge is -2.20. The smallest absolute Gasteiger partial charge is 0.154 e. The highest BCUT2D eigenvalue weighted by molar-refractivity contribution is 14.1. The van der Waals surface area contributed by atoms with Crippen molar-refractivity contribution in [2.75, 3.05) is 18.9 Å². The molecule has 0 amide bonds. The van der Waals surface area contributed by atoms with E-state index in [0.29, 0.717) is 11.7 Å². The summed E-state index contributed by atoms with van der Waals surface area (Å²) in [7, 11) is 0. The summed E-state index contributed by atoms with van der Waals surface area (Å²) in [6.45, 7) is 1.58. The zero-order valence-corrected chi connectivity index (χ0v) is 11.3. The first-order valence-corrected chi connectivity index (χ1v) is 6.57. The summed E-state index contributed by atoms with van der Waals surface area (Å²) in [6.07, 6.45) is 3.45. The fourth-order valence-corrected chi connectivity index (χ4v) is 2.91. The third-order valence-corrected chi connectivity index (χ3v) is 3.78. The monoisotopic (exact) mass is 345 g/mol. The molecule has 0 bridgehead atoms. The highest BCUT2D eigenvalue weighted by Crippen LogP contribution is 2.29. The number of fused-ring (bicyclic) bond motifs is 1. The average Bonchev–Trinajstić information content (AvgIpc) is 2.69.